The molecule has 2 rings (SSSR count). The topological polar surface area (TPSA) is 52.1 Å². The molecule has 0 radical (unpaired) electrons. The highest BCUT2D eigenvalue weighted by Gasteiger charge is 2.23. The molecule has 1 aliphatic rings. The van der Waals surface area contributed by atoms with Crippen LogP contribution in [0.4, 0.5) is 0 Å². The largest absolute Gasteiger partial charge is 0.379 e. The van der Waals surface area contributed by atoms with Gasteiger partial charge in [-0.05, 0) is 31.5 Å². The van der Waals surface area contributed by atoms with Crippen LogP contribution in [-0.2, 0) is 4.74 Å². The number of hydrogen-bond donors (Lipinski definition) is 2. The molecule has 2 heterocycles. The Morgan fingerprint density at radius 2 is 1.93 bits per heavy atom. The van der Waals surface area contributed by atoms with Crippen LogP contribution in [0.15, 0.2) is 22.5 Å². The van der Waals surface area contributed by atoms with E-state index >= 15 is 0 Å². The van der Waals surface area contributed by atoms with Crippen molar-refractivity contribution in [2.24, 2.45) is 4.99 Å². The van der Waals surface area contributed by atoms with Gasteiger partial charge in [0, 0.05) is 44.1 Å². The molecule has 1 fully saturated rings. The van der Waals surface area contributed by atoms with E-state index in [-0.39, 0.29) is 24.0 Å². The molecule has 6 nitrogen and oxygen atoms in total. The first-order valence-corrected chi connectivity index (χ1v) is 10.6. The Labute approximate surface area is 185 Å². The van der Waals surface area contributed by atoms with Crippen LogP contribution < -0.4 is 10.6 Å². The molecule has 0 amide bonds. The zero-order valence-electron chi connectivity index (χ0n) is 17.1. The Kier molecular flexibility index (Phi) is 12.5. The lowest BCUT2D eigenvalue weighted by Crippen LogP contribution is -2.48. The van der Waals surface area contributed by atoms with E-state index in [9.17, 15) is 0 Å². The second kappa shape index (κ2) is 13.7. The average Bonchev–Trinajstić information content (AvgIpc) is 3.20. The highest BCUT2D eigenvalue weighted by atomic mass is 127. The van der Waals surface area contributed by atoms with Crippen molar-refractivity contribution in [3.63, 3.8) is 0 Å². The van der Waals surface area contributed by atoms with E-state index < -0.39 is 0 Å². The van der Waals surface area contributed by atoms with Crippen molar-refractivity contribution in [2.75, 3.05) is 59.5 Å². The number of guanidine groups is 1. The van der Waals surface area contributed by atoms with Crippen LogP contribution in [0.5, 0.6) is 0 Å². The molecular weight excluding hydrogens is 473 g/mol. The van der Waals surface area contributed by atoms with E-state index in [1.54, 1.807) is 0 Å². The van der Waals surface area contributed by atoms with Gasteiger partial charge >= 0.3 is 0 Å². The third-order valence-corrected chi connectivity index (χ3v) is 6.02. The van der Waals surface area contributed by atoms with Gasteiger partial charge in [0.15, 0.2) is 5.96 Å². The van der Waals surface area contributed by atoms with E-state index in [0.717, 1.165) is 58.4 Å². The standard InChI is InChI=1S/C19H35N5OS.HI/c1-5-23(6-2)16(3)14-21-19(20-4)22-15-17(18-8-7-13-26-18)24-9-11-25-12-10-24;/h7-8,13,16-17H,5-6,9-12,14-15H2,1-4H3,(H2,20,21,22);1H. The minimum atomic E-state index is 0. The molecule has 1 aliphatic heterocycles. The number of nitrogens with one attached hydrogen (secondary N) is 2. The van der Waals surface area contributed by atoms with Gasteiger partial charge in [-0.25, -0.2) is 0 Å². The van der Waals surface area contributed by atoms with Gasteiger partial charge in [0.1, 0.15) is 0 Å². The van der Waals surface area contributed by atoms with E-state index in [1.165, 1.54) is 4.88 Å². The van der Waals surface area contributed by atoms with Crippen molar-refractivity contribution in [2.45, 2.75) is 32.9 Å². The first kappa shape index (κ1) is 24.6. The maximum atomic E-state index is 5.52. The second-order valence-electron chi connectivity index (χ2n) is 6.58. The average molecular weight is 510 g/mol. The molecule has 8 heteroatoms. The van der Waals surface area contributed by atoms with Crippen LogP contribution in [0.1, 0.15) is 31.7 Å². The zero-order chi connectivity index (χ0) is 18.8. The van der Waals surface area contributed by atoms with Crippen molar-refractivity contribution in [1.29, 1.82) is 0 Å². The van der Waals surface area contributed by atoms with Crippen LogP contribution in [0, 0.1) is 0 Å². The molecule has 2 unspecified atom stereocenters. The fourth-order valence-electron chi connectivity index (χ4n) is 3.41. The summed E-state index contributed by atoms with van der Waals surface area (Å²) in [4.78, 5) is 10.8. The van der Waals surface area contributed by atoms with Gasteiger partial charge in [0.25, 0.3) is 0 Å². The molecule has 0 bridgehead atoms. The van der Waals surface area contributed by atoms with E-state index in [1.807, 2.05) is 18.4 Å². The van der Waals surface area contributed by atoms with Crippen LogP contribution in [0.25, 0.3) is 0 Å². The maximum Gasteiger partial charge on any atom is 0.191 e. The fraction of sp³-hybridized carbons (Fsp3) is 0.737. The van der Waals surface area contributed by atoms with Gasteiger partial charge in [0.2, 0.25) is 0 Å². The summed E-state index contributed by atoms with van der Waals surface area (Å²) in [6, 6.07) is 5.20. The molecule has 0 aliphatic carbocycles. The van der Waals surface area contributed by atoms with Crippen LogP contribution in [0.3, 0.4) is 0 Å². The number of hydrogen-bond acceptors (Lipinski definition) is 5. The first-order valence-electron chi connectivity index (χ1n) is 9.73. The van der Waals surface area contributed by atoms with Gasteiger partial charge in [0.05, 0.1) is 19.3 Å². The SMILES string of the molecule is CCN(CC)C(C)CNC(=NC)NCC(c1cccs1)N1CCOCC1.I. The number of rotatable bonds is 9. The highest BCUT2D eigenvalue weighted by Crippen LogP contribution is 2.25. The first-order chi connectivity index (χ1) is 12.7. The summed E-state index contributed by atoms with van der Waals surface area (Å²) >= 11 is 1.82. The van der Waals surface area contributed by atoms with Gasteiger partial charge in [-0.2, -0.15) is 0 Å². The molecule has 0 saturated carbocycles. The maximum absolute atomic E-state index is 5.52. The summed E-state index contributed by atoms with van der Waals surface area (Å²) in [5.41, 5.74) is 0. The van der Waals surface area contributed by atoms with Gasteiger partial charge in [-0.1, -0.05) is 19.9 Å². The van der Waals surface area contributed by atoms with Crippen LogP contribution >= 0.6 is 35.3 Å². The number of likely N-dealkylation sites (N-methyl/N-ethyl adjacent to an activating group) is 1. The van der Waals surface area contributed by atoms with Gasteiger partial charge in [-0.3, -0.25) is 14.8 Å². The lowest BCUT2D eigenvalue weighted by atomic mass is 10.2. The molecule has 1 aromatic heterocycles. The zero-order valence-corrected chi connectivity index (χ0v) is 20.3. The normalized spacial score (nSPS) is 18.0. The number of aliphatic imine (C=N–C) groups is 1. The summed E-state index contributed by atoms with van der Waals surface area (Å²) in [5.74, 6) is 0.874. The van der Waals surface area contributed by atoms with E-state index in [2.05, 4.69) is 63.7 Å². The molecule has 1 aromatic rings. The molecular formula is C19H36IN5OS. The quantitative estimate of drug-likeness (QED) is 0.305. The smallest absolute Gasteiger partial charge is 0.191 e. The number of nitrogens with zero attached hydrogens (tertiary/aromatic N) is 3. The molecule has 0 spiro atoms. The van der Waals surface area contributed by atoms with Crippen molar-refractivity contribution in [3.8, 4) is 0 Å². The Morgan fingerprint density at radius 3 is 2.48 bits per heavy atom. The van der Waals surface area contributed by atoms with Crippen LogP contribution in [-0.4, -0.2) is 81.3 Å². The molecule has 1 saturated heterocycles. The Morgan fingerprint density at radius 1 is 1.26 bits per heavy atom. The summed E-state index contributed by atoms with van der Waals surface area (Å²) in [6.45, 7) is 14.2. The highest BCUT2D eigenvalue weighted by molar-refractivity contribution is 14.0. The van der Waals surface area contributed by atoms with E-state index in [0.29, 0.717) is 12.1 Å². The number of halogens is 1. The van der Waals surface area contributed by atoms with Gasteiger partial charge < -0.3 is 15.4 Å². The minimum Gasteiger partial charge on any atom is -0.379 e. The van der Waals surface area contributed by atoms with Crippen molar-refractivity contribution in [1.82, 2.24) is 20.4 Å². The monoisotopic (exact) mass is 509 g/mol. The van der Waals surface area contributed by atoms with Crippen molar-refractivity contribution >= 4 is 41.3 Å². The molecule has 2 N–H and O–H groups in total. The molecule has 0 aromatic carbocycles. The third-order valence-electron chi connectivity index (χ3n) is 5.05. The molecule has 2 atom stereocenters. The summed E-state index contributed by atoms with van der Waals surface area (Å²) in [7, 11) is 1.84. The minimum absolute atomic E-state index is 0. The second-order valence-corrected chi connectivity index (χ2v) is 7.56. The van der Waals surface area contributed by atoms with E-state index in [4.69, 9.17) is 4.74 Å². The van der Waals surface area contributed by atoms with Crippen LogP contribution in [0.2, 0.25) is 0 Å². The summed E-state index contributed by atoms with van der Waals surface area (Å²) < 4.78 is 5.52. The predicted octanol–water partition coefficient (Wildman–Crippen LogP) is 2.63. The Hall–Kier alpha value is -0.420. The predicted molar refractivity (Wildman–Crippen MR) is 127 cm³/mol. The lowest BCUT2D eigenvalue weighted by molar-refractivity contribution is 0.0177. The number of ether oxygens (including phenoxy) is 1. The van der Waals surface area contributed by atoms with Crippen molar-refractivity contribution in [3.05, 3.63) is 22.4 Å². The summed E-state index contributed by atoms with van der Waals surface area (Å²) in [6.07, 6.45) is 0. The fourth-order valence-corrected chi connectivity index (χ4v) is 4.27. The Balaban J connectivity index is 0.00000364. The summed E-state index contributed by atoms with van der Waals surface area (Å²) in [5, 5.41) is 9.16. The lowest BCUT2D eigenvalue weighted by Gasteiger charge is -2.34. The molecule has 27 heavy (non-hydrogen) atoms. The third kappa shape index (κ3) is 7.84. The molecule has 156 valence electrons. The van der Waals surface area contributed by atoms with Crippen molar-refractivity contribution < 1.29 is 4.74 Å². The number of morpholine rings is 1. The van der Waals surface area contributed by atoms with Gasteiger partial charge in [-0.15, -0.1) is 35.3 Å². The Bertz CT molecular complexity index is 518. The number of thiophene rings is 1.